The van der Waals surface area contributed by atoms with E-state index in [1.807, 2.05) is 0 Å². The van der Waals surface area contributed by atoms with Gasteiger partial charge in [0.2, 0.25) is 3.79 Å². The lowest BCUT2D eigenvalue weighted by molar-refractivity contribution is 0.0393. The zero-order valence-corrected chi connectivity index (χ0v) is 11.5. The molecule has 0 saturated carbocycles. The summed E-state index contributed by atoms with van der Waals surface area (Å²) < 4.78 is 8.37. The molecular weight excluding hydrogens is 302 g/mol. The number of cyclic esters (lactones) is 1. The number of halogens is 3. The molecule has 0 spiro atoms. The largest absolute Gasteiger partial charge is 0.504 e. The topological polar surface area (TPSA) is 55.8 Å². The van der Waals surface area contributed by atoms with Crippen molar-refractivity contribution in [2.45, 2.75) is 16.8 Å². The van der Waals surface area contributed by atoms with Crippen LogP contribution in [0.3, 0.4) is 0 Å². The molecule has 4 nitrogen and oxygen atoms in total. The smallest absolute Gasteiger partial charge is 0.339 e. The van der Waals surface area contributed by atoms with Gasteiger partial charge in [-0.3, -0.25) is 0 Å². The Morgan fingerprint density at radius 2 is 2.11 bits per heavy atom. The average Bonchev–Trinajstić information content (AvgIpc) is 2.57. The molecule has 98 valence electrons. The number of carbonyl (C=O) groups is 1. The zero-order chi connectivity index (χ0) is 13.5. The molecule has 1 aliphatic rings. The minimum atomic E-state index is -1.79. The summed E-state index contributed by atoms with van der Waals surface area (Å²) in [7, 11) is 0. The maximum Gasteiger partial charge on any atom is 0.339 e. The SMILES string of the molecule is CCOc1cc2c(cc1O)C(C(Cl)(Cl)Cl)OC2=O. The van der Waals surface area contributed by atoms with Crippen molar-refractivity contribution in [3.63, 3.8) is 0 Å². The van der Waals surface area contributed by atoms with E-state index in [0.717, 1.165) is 0 Å². The van der Waals surface area contributed by atoms with Gasteiger partial charge in [0.1, 0.15) is 0 Å². The van der Waals surface area contributed by atoms with E-state index >= 15 is 0 Å². The lowest BCUT2D eigenvalue weighted by Gasteiger charge is -2.19. The van der Waals surface area contributed by atoms with E-state index in [2.05, 4.69) is 0 Å². The van der Waals surface area contributed by atoms with E-state index in [-0.39, 0.29) is 17.1 Å². The molecule has 1 N–H and O–H groups in total. The van der Waals surface area contributed by atoms with E-state index in [1.54, 1.807) is 6.92 Å². The molecule has 0 radical (unpaired) electrons. The van der Waals surface area contributed by atoms with Gasteiger partial charge in [-0.25, -0.2) is 4.79 Å². The second-order valence-corrected chi connectivity index (χ2v) is 6.04. The van der Waals surface area contributed by atoms with Gasteiger partial charge < -0.3 is 14.6 Å². The molecule has 0 aliphatic carbocycles. The monoisotopic (exact) mass is 310 g/mol. The van der Waals surface area contributed by atoms with Crippen LogP contribution in [0.2, 0.25) is 0 Å². The van der Waals surface area contributed by atoms with Gasteiger partial charge in [0.05, 0.1) is 12.2 Å². The number of hydrogen-bond acceptors (Lipinski definition) is 4. The van der Waals surface area contributed by atoms with Crippen molar-refractivity contribution >= 4 is 40.8 Å². The zero-order valence-electron chi connectivity index (χ0n) is 9.25. The number of rotatable bonds is 2. The summed E-state index contributed by atoms with van der Waals surface area (Å²) in [4.78, 5) is 11.7. The molecule has 18 heavy (non-hydrogen) atoms. The van der Waals surface area contributed by atoms with Crippen molar-refractivity contribution in [1.82, 2.24) is 0 Å². The third-order valence-corrected chi connectivity index (χ3v) is 3.05. The van der Waals surface area contributed by atoms with Crippen LogP contribution in [0.4, 0.5) is 0 Å². The lowest BCUT2D eigenvalue weighted by Crippen LogP contribution is -2.16. The van der Waals surface area contributed by atoms with Crippen LogP contribution in [0.5, 0.6) is 11.5 Å². The molecule has 1 aromatic rings. The fourth-order valence-corrected chi connectivity index (χ4v) is 2.21. The minimum absolute atomic E-state index is 0.131. The molecule has 0 saturated heterocycles. The molecule has 7 heteroatoms. The van der Waals surface area contributed by atoms with Gasteiger partial charge in [0.15, 0.2) is 17.6 Å². The van der Waals surface area contributed by atoms with Crippen molar-refractivity contribution < 1.29 is 19.4 Å². The minimum Gasteiger partial charge on any atom is -0.504 e. The Labute approximate surface area is 118 Å². The van der Waals surface area contributed by atoms with Gasteiger partial charge in [-0.2, -0.15) is 0 Å². The van der Waals surface area contributed by atoms with Crippen LogP contribution >= 0.6 is 34.8 Å². The molecular formula is C11H9Cl3O4. The molecule has 0 bridgehead atoms. The van der Waals surface area contributed by atoms with Gasteiger partial charge in [-0.15, -0.1) is 0 Å². The highest BCUT2D eigenvalue weighted by Gasteiger charge is 2.45. The van der Waals surface area contributed by atoms with Gasteiger partial charge in [0, 0.05) is 5.56 Å². The third-order valence-electron chi connectivity index (χ3n) is 2.46. The number of hydrogen-bond donors (Lipinski definition) is 1. The maximum atomic E-state index is 11.7. The highest BCUT2D eigenvalue weighted by Crippen LogP contribution is 2.49. The normalized spacial score (nSPS) is 18.4. The first-order chi connectivity index (χ1) is 8.34. The fraction of sp³-hybridized carbons (Fsp3) is 0.364. The van der Waals surface area contributed by atoms with E-state index in [4.69, 9.17) is 44.3 Å². The summed E-state index contributed by atoms with van der Waals surface area (Å²) in [5, 5.41) is 9.75. The number of phenolic OH excluding ortho intramolecular Hbond substituents is 1. The summed E-state index contributed by atoms with van der Waals surface area (Å²) in [5.74, 6) is -0.548. The van der Waals surface area contributed by atoms with Crippen LogP contribution < -0.4 is 4.74 Å². The molecule has 1 atom stereocenters. The Bertz CT molecular complexity index is 496. The second kappa shape index (κ2) is 4.68. The molecule has 1 unspecified atom stereocenters. The number of benzene rings is 1. The molecule has 1 aliphatic heterocycles. The number of esters is 1. The predicted molar refractivity (Wildman–Crippen MR) is 67.7 cm³/mol. The number of carbonyl (C=O) groups excluding carboxylic acids is 1. The fourth-order valence-electron chi connectivity index (χ4n) is 1.73. The summed E-state index contributed by atoms with van der Waals surface area (Å²) in [6, 6.07) is 2.70. The highest BCUT2D eigenvalue weighted by atomic mass is 35.6. The van der Waals surface area contributed by atoms with E-state index < -0.39 is 15.9 Å². The van der Waals surface area contributed by atoms with Gasteiger partial charge in [-0.05, 0) is 19.1 Å². The van der Waals surface area contributed by atoms with Crippen LogP contribution in [-0.2, 0) is 4.74 Å². The number of fused-ring (bicyclic) bond motifs is 1. The Balaban J connectivity index is 2.50. The molecule has 0 fully saturated rings. The van der Waals surface area contributed by atoms with Gasteiger partial charge in [0.25, 0.3) is 0 Å². The Morgan fingerprint density at radius 1 is 1.44 bits per heavy atom. The van der Waals surface area contributed by atoms with Crippen LogP contribution in [0, 0.1) is 0 Å². The molecule has 1 heterocycles. The summed E-state index contributed by atoms with van der Waals surface area (Å²) >= 11 is 17.2. The van der Waals surface area contributed by atoms with Crippen molar-refractivity contribution in [3.05, 3.63) is 23.3 Å². The van der Waals surface area contributed by atoms with E-state index in [0.29, 0.717) is 12.2 Å². The number of ether oxygens (including phenoxy) is 2. The van der Waals surface area contributed by atoms with Crippen molar-refractivity contribution in [2.24, 2.45) is 0 Å². The second-order valence-electron chi connectivity index (χ2n) is 3.67. The van der Waals surface area contributed by atoms with Crippen molar-refractivity contribution in [2.75, 3.05) is 6.61 Å². The van der Waals surface area contributed by atoms with Crippen LogP contribution in [0.15, 0.2) is 12.1 Å². The first-order valence-corrected chi connectivity index (χ1v) is 6.25. The van der Waals surface area contributed by atoms with Crippen LogP contribution in [0.1, 0.15) is 28.9 Å². The highest BCUT2D eigenvalue weighted by molar-refractivity contribution is 6.68. The Hall–Kier alpha value is -0.840. The quantitative estimate of drug-likeness (QED) is 0.672. The molecule has 0 amide bonds. The summed E-state index contributed by atoms with van der Waals surface area (Å²) in [6.45, 7) is 2.12. The standard InChI is InChI=1S/C11H9Cl3O4/c1-2-17-8-4-6-5(3-7(8)15)9(11(12,13)14)18-10(6)16/h3-4,9,15H,2H2,1H3. The Kier molecular flexibility index (Phi) is 3.54. The first-order valence-electron chi connectivity index (χ1n) is 5.12. The molecule has 2 rings (SSSR count). The summed E-state index contributed by atoms with van der Waals surface area (Å²) in [6.07, 6.45) is -1.04. The van der Waals surface area contributed by atoms with Crippen molar-refractivity contribution in [3.8, 4) is 11.5 Å². The molecule has 0 aromatic heterocycles. The van der Waals surface area contributed by atoms with Crippen LogP contribution in [0.25, 0.3) is 0 Å². The van der Waals surface area contributed by atoms with Crippen LogP contribution in [-0.4, -0.2) is 21.5 Å². The number of alkyl halides is 3. The van der Waals surface area contributed by atoms with Gasteiger partial charge >= 0.3 is 5.97 Å². The summed E-state index contributed by atoms with van der Waals surface area (Å²) in [5.41, 5.74) is 0.563. The Morgan fingerprint density at radius 3 is 2.67 bits per heavy atom. The maximum absolute atomic E-state index is 11.7. The van der Waals surface area contributed by atoms with E-state index in [1.165, 1.54) is 12.1 Å². The first kappa shape index (κ1) is 13.6. The average molecular weight is 312 g/mol. The predicted octanol–water partition coefficient (Wildman–Crippen LogP) is 3.37. The lowest BCUT2D eigenvalue weighted by atomic mass is 10.0. The number of aromatic hydroxyl groups is 1. The van der Waals surface area contributed by atoms with Gasteiger partial charge in [-0.1, -0.05) is 34.8 Å². The van der Waals surface area contributed by atoms with Crippen molar-refractivity contribution in [1.29, 1.82) is 0 Å². The third kappa shape index (κ3) is 2.32. The van der Waals surface area contributed by atoms with E-state index in [9.17, 15) is 9.90 Å². The number of phenols is 1. The molecule has 1 aromatic carbocycles.